The van der Waals surface area contributed by atoms with Crippen LogP contribution in [0.2, 0.25) is 0 Å². The van der Waals surface area contributed by atoms with E-state index in [1.165, 1.54) is 32.6 Å². The van der Waals surface area contributed by atoms with Gasteiger partial charge in [-0.1, -0.05) is 105 Å². The van der Waals surface area contributed by atoms with E-state index in [0.717, 1.165) is 12.0 Å². The van der Waals surface area contributed by atoms with Crippen LogP contribution in [0.3, 0.4) is 0 Å². The predicted molar refractivity (Wildman–Crippen MR) is 128 cm³/mol. The van der Waals surface area contributed by atoms with Gasteiger partial charge in [-0.2, -0.15) is 0 Å². The molecule has 0 saturated carbocycles. The van der Waals surface area contributed by atoms with Crippen molar-refractivity contribution in [1.29, 1.82) is 0 Å². The van der Waals surface area contributed by atoms with Gasteiger partial charge in [0.1, 0.15) is 5.75 Å². The number of fused-ring (bicyclic) bond motifs is 2. The van der Waals surface area contributed by atoms with Crippen molar-refractivity contribution in [3.8, 4) is 5.75 Å². The molecular weight excluding hydrogens is 383 g/mol. The first-order chi connectivity index (χ1) is 14.6. The van der Waals surface area contributed by atoms with Gasteiger partial charge in [0.25, 0.3) is 0 Å². The Morgan fingerprint density at radius 3 is 1.77 bits per heavy atom. The fourth-order valence-electron chi connectivity index (χ4n) is 4.80. The molecule has 0 atom stereocenters. The van der Waals surface area contributed by atoms with E-state index in [2.05, 4.69) is 98.8 Å². The minimum absolute atomic E-state index is 0.147. The summed E-state index contributed by atoms with van der Waals surface area (Å²) in [5.41, 5.74) is 4.90. The summed E-state index contributed by atoms with van der Waals surface area (Å²) in [7, 11) is -0.683. The molecule has 0 fully saturated rings. The van der Waals surface area contributed by atoms with E-state index in [1.807, 2.05) is 12.1 Å². The summed E-state index contributed by atoms with van der Waals surface area (Å²) in [6.45, 7) is 4.56. The maximum atomic E-state index is 10.7. The van der Waals surface area contributed by atoms with Crippen molar-refractivity contribution in [2.75, 3.05) is 0 Å². The molecule has 148 valence electrons. The van der Waals surface area contributed by atoms with Crippen LogP contribution in [0.4, 0.5) is 0 Å². The Balaban J connectivity index is 1.76. The number of rotatable bonds is 3. The number of phenolic OH excluding ortho intramolecular Hbond substituents is 1. The molecule has 5 rings (SSSR count). The van der Waals surface area contributed by atoms with Crippen molar-refractivity contribution in [1.82, 2.24) is 0 Å². The summed E-state index contributed by atoms with van der Waals surface area (Å²) in [5.74, 6) is 0.407. The van der Waals surface area contributed by atoms with Gasteiger partial charge in [0, 0.05) is 17.4 Å². The molecule has 0 saturated heterocycles. The fraction of sp³-hybridized carbons (Fsp3) is 0.143. The molecule has 1 aliphatic carbocycles. The van der Waals surface area contributed by atoms with Crippen LogP contribution in [-0.2, 0) is 11.8 Å². The van der Waals surface area contributed by atoms with Crippen LogP contribution in [0.25, 0.3) is 0 Å². The lowest BCUT2D eigenvalue weighted by Gasteiger charge is -2.37. The van der Waals surface area contributed by atoms with E-state index < -0.39 is 7.92 Å². The predicted octanol–water partition coefficient (Wildman–Crippen LogP) is 5.38. The summed E-state index contributed by atoms with van der Waals surface area (Å²) in [6, 6.07) is 34.4. The molecule has 0 bridgehead atoms. The summed E-state index contributed by atoms with van der Waals surface area (Å²) in [6.07, 6.45) is 0.773. The smallest absolute Gasteiger partial charge is 0.119 e. The Morgan fingerprint density at radius 1 is 0.633 bits per heavy atom. The lowest BCUT2D eigenvalue weighted by atomic mass is 9.69. The third-order valence-electron chi connectivity index (χ3n) is 6.27. The first-order valence-electron chi connectivity index (χ1n) is 10.4. The maximum Gasteiger partial charge on any atom is 0.119 e. The van der Waals surface area contributed by atoms with E-state index in [-0.39, 0.29) is 5.41 Å². The van der Waals surface area contributed by atoms with E-state index >= 15 is 0 Å². The van der Waals surface area contributed by atoms with Crippen LogP contribution in [0.15, 0.2) is 97.1 Å². The van der Waals surface area contributed by atoms with Gasteiger partial charge in [0.15, 0.2) is 0 Å². The van der Waals surface area contributed by atoms with Crippen LogP contribution in [0.5, 0.6) is 5.75 Å². The second kappa shape index (κ2) is 7.42. The average Bonchev–Trinajstić information content (AvgIpc) is 2.77. The Morgan fingerprint density at radius 2 is 1.17 bits per heavy atom. The number of phenols is 1. The Bertz CT molecular complexity index is 1160. The van der Waals surface area contributed by atoms with Crippen LogP contribution in [0.1, 0.15) is 36.1 Å². The number of hydrogen-bond acceptors (Lipinski definition) is 1. The van der Waals surface area contributed by atoms with Gasteiger partial charge in [0.2, 0.25) is 0 Å². The molecule has 1 aliphatic rings. The quantitative estimate of drug-likeness (QED) is 0.451. The normalized spacial score (nSPS) is 14.2. The number of aromatic hydroxyl groups is 1. The van der Waals surface area contributed by atoms with E-state index in [1.54, 1.807) is 0 Å². The van der Waals surface area contributed by atoms with Gasteiger partial charge in [-0.3, -0.25) is 0 Å². The topological polar surface area (TPSA) is 20.2 Å². The highest BCUT2D eigenvalue weighted by Crippen LogP contribution is 2.46. The Kier molecular flexibility index (Phi) is 4.72. The third-order valence-corrected chi connectivity index (χ3v) is 8.80. The average molecular weight is 408 g/mol. The molecule has 30 heavy (non-hydrogen) atoms. The van der Waals surface area contributed by atoms with Crippen LogP contribution in [0, 0.1) is 0 Å². The molecule has 0 amide bonds. The van der Waals surface area contributed by atoms with Crippen molar-refractivity contribution in [3.05, 3.63) is 119 Å². The molecule has 0 spiro atoms. The third kappa shape index (κ3) is 3.06. The lowest BCUT2D eigenvalue weighted by molar-refractivity contribution is 0.462. The van der Waals surface area contributed by atoms with Crippen LogP contribution in [-0.4, -0.2) is 5.11 Å². The van der Waals surface area contributed by atoms with Gasteiger partial charge in [-0.25, -0.2) is 0 Å². The van der Waals surface area contributed by atoms with E-state index in [4.69, 9.17) is 0 Å². The molecule has 4 aromatic carbocycles. The minimum atomic E-state index is -0.683. The first kappa shape index (κ1) is 19.1. The SMILES string of the molecule is CC1(C)c2cccc(O)c2Cc2c(P(c3ccccc3)c3ccccc3)cccc21. The second-order valence-electron chi connectivity index (χ2n) is 8.41. The molecule has 4 aromatic rings. The van der Waals surface area contributed by atoms with E-state index in [0.29, 0.717) is 5.75 Å². The van der Waals surface area contributed by atoms with Gasteiger partial charge >= 0.3 is 0 Å². The summed E-state index contributed by atoms with van der Waals surface area (Å²) in [5, 5.41) is 14.8. The first-order valence-corrected chi connectivity index (χ1v) is 11.8. The molecule has 0 heterocycles. The van der Waals surface area contributed by atoms with Crippen molar-refractivity contribution >= 4 is 23.8 Å². The summed E-state index contributed by atoms with van der Waals surface area (Å²) < 4.78 is 0. The zero-order valence-electron chi connectivity index (χ0n) is 17.3. The van der Waals surface area contributed by atoms with Gasteiger partial charge in [0.05, 0.1) is 0 Å². The maximum absolute atomic E-state index is 10.7. The number of benzene rings is 4. The highest BCUT2D eigenvalue weighted by Gasteiger charge is 2.36. The molecule has 0 aromatic heterocycles. The standard InChI is InChI=1S/C28H25OP/c1-28(2)24-15-9-17-26(29)22(24)19-23-25(28)16-10-18-27(23)30(20-11-5-3-6-12-20)21-13-7-4-8-14-21/h3-18,29H,19H2,1-2H3. The van der Waals surface area contributed by atoms with Gasteiger partial charge in [-0.05, 0) is 46.6 Å². The zero-order chi connectivity index (χ0) is 20.7. The summed E-state index contributed by atoms with van der Waals surface area (Å²) in [4.78, 5) is 0. The molecule has 1 N–H and O–H groups in total. The molecule has 1 nitrogen and oxygen atoms in total. The van der Waals surface area contributed by atoms with Crippen LogP contribution >= 0.6 is 7.92 Å². The molecular formula is C28H25OP. The highest BCUT2D eigenvalue weighted by molar-refractivity contribution is 7.79. The molecule has 2 heteroatoms. The molecule has 0 aliphatic heterocycles. The van der Waals surface area contributed by atoms with Crippen molar-refractivity contribution < 1.29 is 5.11 Å². The summed E-state index contributed by atoms with van der Waals surface area (Å²) >= 11 is 0. The van der Waals surface area contributed by atoms with Crippen molar-refractivity contribution in [3.63, 3.8) is 0 Å². The highest BCUT2D eigenvalue weighted by atomic mass is 31.1. The Hall–Kier alpha value is -2.89. The second-order valence-corrected chi connectivity index (χ2v) is 10.6. The van der Waals surface area contributed by atoms with Gasteiger partial charge < -0.3 is 5.11 Å². The van der Waals surface area contributed by atoms with Crippen molar-refractivity contribution in [2.45, 2.75) is 25.7 Å². The van der Waals surface area contributed by atoms with Gasteiger partial charge in [-0.15, -0.1) is 0 Å². The molecule has 0 unspecified atom stereocenters. The molecule has 0 radical (unpaired) electrons. The van der Waals surface area contributed by atoms with Crippen molar-refractivity contribution in [2.24, 2.45) is 0 Å². The lowest BCUT2D eigenvalue weighted by Crippen LogP contribution is -2.32. The van der Waals surface area contributed by atoms with Crippen LogP contribution < -0.4 is 15.9 Å². The fourth-order valence-corrected chi connectivity index (χ4v) is 7.30. The van der Waals surface area contributed by atoms with E-state index in [9.17, 15) is 5.11 Å². The number of hydrogen-bond donors (Lipinski definition) is 1. The minimum Gasteiger partial charge on any atom is -0.508 e. The largest absolute Gasteiger partial charge is 0.508 e. The zero-order valence-corrected chi connectivity index (χ0v) is 18.2. The Labute approximate surface area is 179 Å². The monoisotopic (exact) mass is 408 g/mol.